The van der Waals surface area contributed by atoms with E-state index in [9.17, 15) is 4.39 Å². The molecular weight excluding hydrogens is 320 g/mol. The first kappa shape index (κ1) is 17.3. The third-order valence-corrected chi connectivity index (χ3v) is 4.62. The van der Waals surface area contributed by atoms with Gasteiger partial charge in [-0.15, -0.1) is 0 Å². The molecule has 130 valence electrons. The van der Waals surface area contributed by atoms with E-state index in [4.69, 9.17) is 0 Å². The molecule has 5 heteroatoms. The molecule has 0 N–H and O–H groups in total. The first-order valence-corrected chi connectivity index (χ1v) is 8.33. The Morgan fingerprint density at radius 3 is 2.60 bits per heavy atom. The number of fused-ring (bicyclic) bond motifs is 1. The van der Waals surface area contributed by atoms with Crippen LogP contribution in [-0.2, 0) is 13.0 Å². The molecule has 0 bridgehead atoms. The summed E-state index contributed by atoms with van der Waals surface area (Å²) in [5, 5.41) is 9.03. The highest BCUT2D eigenvalue weighted by molar-refractivity contribution is 5.86. The van der Waals surface area contributed by atoms with Crippen molar-refractivity contribution in [2.24, 2.45) is 0 Å². The monoisotopic (exact) mass is 341 g/mol. The van der Waals surface area contributed by atoms with Crippen LogP contribution in [0.25, 0.3) is 10.9 Å². The van der Waals surface area contributed by atoms with Gasteiger partial charge in [-0.25, -0.2) is 8.78 Å². The Hall–Kier alpha value is -2.56. The van der Waals surface area contributed by atoms with Crippen molar-refractivity contribution in [2.75, 3.05) is 0 Å². The number of aromatic nitrogens is 3. The molecule has 0 aliphatic heterocycles. The van der Waals surface area contributed by atoms with Crippen molar-refractivity contribution < 1.29 is 8.78 Å². The number of benzene rings is 1. The lowest BCUT2D eigenvalue weighted by molar-refractivity contribution is 0.333. The van der Waals surface area contributed by atoms with Gasteiger partial charge in [0.2, 0.25) is 0 Å². The first-order valence-electron chi connectivity index (χ1n) is 8.33. The second kappa shape index (κ2) is 7.13. The molecule has 0 radical (unpaired) electrons. The molecule has 2 heterocycles. The third kappa shape index (κ3) is 3.31. The molecule has 3 nitrogen and oxygen atoms in total. The molecule has 3 rings (SSSR count). The average Bonchev–Trinajstić information content (AvgIpc) is 2.86. The third-order valence-electron chi connectivity index (χ3n) is 4.62. The number of aryl methyl sites for hydroxylation is 1. The predicted octanol–water partition coefficient (Wildman–Crippen LogP) is 5.02. The SMILES string of the molecule is CC=CCn1c(C)c(C)c2cnnc(C(F)Cc3ccc(F)cc3)c21. The Morgan fingerprint density at radius 2 is 1.92 bits per heavy atom. The van der Waals surface area contributed by atoms with Crippen LogP contribution in [0.1, 0.15) is 35.6 Å². The number of alkyl halides is 1. The number of nitrogens with zero attached hydrogens (tertiary/aromatic N) is 3. The number of hydrogen-bond acceptors (Lipinski definition) is 2. The minimum absolute atomic E-state index is 0.140. The van der Waals surface area contributed by atoms with Crippen molar-refractivity contribution in [3.05, 3.63) is 70.9 Å². The van der Waals surface area contributed by atoms with E-state index in [1.165, 1.54) is 12.1 Å². The van der Waals surface area contributed by atoms with Gasteiger partial charge in [0.15, 0.2) is 0 Å². The maximum Gasteiger partial charge on any atom is 0.150 e. The zero-order valence-electron chi connectivity index (χ0n) is 14.6. The van der Waals surface area contributed by atoms with E-state index >= 15 is 4.39 Å². The summed E-state index contributed by atoms with van der Waals surface area (Å²) in [4.78, 5) is 0. The largest absolute Gasteiger partial charge is 0.339 e. The van der Waals surface area contributed by atoms with Crippen LogP contribution in [0.2, 0.25) is 0 Å². The lowest BCUT2D eigenvalue weighted by Crippen LogP contribution is -2.07. The van der Waals surface area contributed by atoms with Gasteiger partial charge < -0.3 is 4.57 Å². The maximum absolute atomic E-state index is 15.1. The Morgan fingerprint density at radius 1 is 1.20 bits per heavy atom. The van der Waals surface area contributed by atoms with Gasteiger partial charge in [0.25, 0.3) is 0 Å². The van der Waals surface area contributed by atoms with E-state index in [1.807, 2.05) is 32.9 Å². The first-order chi connectivity index (χ1) is 12.0. The summed E-state index contributed by atoms with van der Waals surface area (Å²) in [5.41, 5.74) is 4.02. The summed E-state index contributed by atoms with van der Waals surface area (Å²) in [5.74, 6) is -0.326. The Kier molecular flexibility index (Phi) is 4.93. The van der Waals surface area contributed by atoms with Crippen molar-refractivity contribution in [1.29, 1.82) is 0 Å². The van der Waals surface area contributed by atoms with Crippen molar-refractivity contribution >= 4 is 10.9 Å². The molecule has 0 fully saturated rings. The predicted molar refractivity (Wildman–Crippen MR) is 95.8 cm³/mol. The highest BCUT2D eigenvalue weighted by Gasteiger charge is 2.22. The molecule has 0 amide bonds. The highest BCUT2D eigenvalue weighted by Crippen LogP contribution is 2.32. The zero-order chi connectivity index (χ0) is 18.0. The molecule has 1 unspecified atom stereocenters. The van der Waals surface area contributed by atoms with Gasteiger partial charge in [-0.1, -0.05) is 24.3 Å². The van der Waals surface area contributed by atoms with Crippen molar-refractivity contribution in [3.8, 4) is 0 Å². The van der Waals surface area contributed by atoms with Gasteiger partial charge in [-0.05, 0) is 44.0 Å². The van der Waals surface area contributed by atoms with Crippen molar-refractivity contribution in [1.82, 2.24) is 14.8 Å². The molecule has 3 aromatic rings. The second-order valence-corrected chi connectivity index (χ2v) is 6.18. The molecule has 2 aromatic heterocycles. The fourth-order valence-corrected chi connectivity index (χ4v) is 3.09. The van der Waals surface area contributed by atoms with E-state index in [0.29, 0.717) is 12.2 Å². The van der Waals surface area contributed by atoms with Crippen LogP contribution in [-0.4, -0.2) is 14.8 Å². The lowest BCUT2D eigenvalue weighted by Gasteiger charge is -2.12. The summed E-state index contributed by atoms with van der Waals surface area (Å²) in [6, 6.07) is 5.89. The minimum Gasteiger partial charge on any atom is -0.339 e. The van der Waals surface area contributed by atoms with Crippen molar-refractivity contribution in [3.63, 3.8) is 0 Å². The average molecular weight is 341 g/mol. The smallest absolute Gasteiger partial charge is 0.150 e. The fraction of sp³-hybridized carbons (Fsp3) is 0.300. The molecule has 25 heavy (non-hydrogen) atoms. The second-order valence-electron chi connectivity index (χ2n) is 6.18. The molecule has 0 saturated carbocycles. The Balaban J connectivity index is 2.05. The van der Waals surface area contributed by atoms with Gasteiger partial charge in [-0.3, -0.25) is 0 Å². The number of hydrogen-bond donors (Lipinski definition) is 0. The van der Waals surface area contributed by atoms with E-state index in [-0.39, 0.29) is 12.2 Å². The van der Waals surface area contributed by atoms with Crippen LogP contribution >= 0.6 is 0 Å². The number of allylic oxidation sites excluding steroid dienone is 2. The van der Waals surface area contributed by atoms with Gasteiger partial charge in [0.1, 0.15) is 17.7 Å². The standard InChI is InChI=1S/C20H21F2N3/c1-4-5-10-25-14(3)13(2)17-12-23-24-19(20(17)25)18(22)11-15-6-8-16(21)9-7-15/h4-9,12,18H,10-11H2,1-3H3. The molecule has 0 spiro atoms. The highest BCUT2D eigenvalue weighted by atomic mass is 19.1. The number of halogens is 2. The van der Waals surface area contributed by atoms with Gasteiger partial charge in [-0.2, -0.15) is 10.2 Å². The summed E-state index contributed by atoms with van der Waals surface area (Å²) >= 11 is 0. The van der Waals surface area contributed by atoms with E-state index in [1.54, 1.807) is 18.3 Å². The molecule has 0 aliphatic rings. The van der Waals surface area contributed by atoms with Gasteiger partial charge in [0.05, 0.1) is 11.7 Å². The minimum atomic E-state index is -1.31. The normalized spacial score (nSPS) is 13.0. The molecular formula is C20H21F2N3. The zero-order valence-corrected chi connectivity index (χ0v) is 14.6. The van der Waals surface area contributed by atoms with Crippen LogP contribution < -0.4 is 0 Å². The van der Waals surface area contributed by atoms with Crippen molar-refractivity contribution in [2.45, 2.75) is 39.9 Å². The molecule has 1 aromatic carbocycles. The van der Waals surface area contributed by atoms with Crippen LogP contribution in [0.15, 0.2) is 42.6 Å². The lowest BCUT2D eigenvalue weighted by atomic mass is 10.0. The van der Waals surface area contributed by atoms with E-state index in [0.717, 1.165) is 27.7 Å². The van der Waals surface area contributed by atoms with Gasteiger partial charge in [0, 0.05) is 24.0 Å². The van der Waals surface area contributed by atoms with Crippen LogP contribution in [0.4, 0.5) is 8.78 Å². The summed E-state index contributed by atoms with van der Waals surface area (Å²) < 4.78 is 30.2. The van der Waals surface area contributed by atoms with Crippen LogP contribution in [0.5, 0.6) is 0 Å². The van der Waals surface area contributed by atoms with Crippen LogP contribution in [0.3, 0.4) is 0 Å². The van der Waals surface area contributed by atoms with E-state index < -0.39 is 6.17 Å². The quantitative estimate of drug-likeness (QED) is 0.610. The van der Waals surface area contributed by atoms with Gasteiger partial charge >= 0.3 is 0 Å². The molecule has 0 saturated heterocycles. The van der Waals surface area contributed by atoms with Crippen LogP contribution in [0, 0.1) is 19.7 Å². The molecule has 1 atom stereocenters. The topological polar surface area (TPSA) is 30.7 Å². The summed E-state index contributed by atoms with van der Waals surface area (Å²) in [6.07, 6.45) is 4.53. The summed E-state index contributed by atoms with van der Waals surface area (Å²) in [7, 11) is 0. The molecule has 0 aliphatic carbocycles. The number of rotatable bonds is 5. The fourth-order valence-electron chi connectivity index (χ4n) is 3.09. The van der Waals surface area contributed by atoms with E-state index in [2.05, 4.69) is 14.8 Å². The Bertz CT molecular complexity index is 911. The Labute approximate surface area is 146 Å². The maximum atomic E-state index is 15.1. The summed E-state index contributed by atoms with van der Waals surface area (Å²) in [6.45, 7) is 6.66.